The minimum absolute atomic E-state index is 0.928. The molecule has 0 saturated carbocycles. The van der Waals surface area contributed by atoms with Crippen LogP contribution in [0.25, 0.3) is 10.9 Å². The van der Waals surface area contributed by atoms with Crippen LogP contribution in [0.15, 0.2) is 30.3 Å². The van der Waals surface area contributed by atoms with Crippen LogP contribution in [0.2, 0.25) is 0 Å². The number of anilines is 1. The molecular weight excluding hydrogens is 246 g/mol. The predicted molar refractivity (Wildman–Crippen MR) is 85.2 cm³/mol. The van der Waals surface area contributed by atoms with Crippen LogP contribution in [0.3, 0.4) is 0 Å². The first-order chi connectivity index (χ1) is 9.88. The van der Waals surface area contributed by atoms with Gasteiger partial charge in [0.05, 0.1) is 5.52 Å². The maximum Gasteiger partial charge on any atom is 0.129 e. The molecule has 0 radical (unpaired) electrons. The Morgan fingerprint density at radius 1 is 1.20 bits per heavy atom. The number of benzene rings is 1. The van der Waals surface area contributed by atoms with E-state index in [0.717, 1.165) is 37.5 Å². The third-order valence-corrected chi connectivity index (χ3v) is 3.96. The monoisotopic (exact) mass is 269 g/mol. The molecule has 1 aliphatic rings. The van der Waals surface area contributed by atoms with Crippen LogP contribution < -0.4 is 10.2 Å². The zero-order valence-electron chi connectivity index (χ0n) is 12.2. The second-order valence-electron chi connectivity index (χ2n) is 5.53. The highest BCUT2D eigenvalue weighted by molar-refractivity contribution is 5.84. The van der Waals surface area contributed by atoms with Gasteiger partial charge in [0.25, 0.3) is 0 Å². The highest BCUT2D eigenvalue weighted by Crippen LogP contribution is 2.25. The molecule has 0 spiro atoms. The molecule has 1 fully saturated rings. The van der Waals surface area contributed by atoms with Gasteiger partial charge in [0.2, 0.25) is 0 Å². The lowest BCUT2D eigenvalue weighted by atomic mass is 10.1. The second-order valence-corrected chi connectivity index (χ2v) is 5.53. The van der Waals surface area contributed by atoms with Crippen LogP contribution in [0.5, 0.6) is 0 Å². The number of aromatic nitrogens is 1. The van der Waals surface area contributed by atoms with Crippen LogP contribution >= 0.6 is 0 Å². The van der Waals surface area contributed by atoms with E-state index in [9.17, 15) is 0 Å². The van der Waals surface area contributed by atoms with E-state index in [1.165, 1.54) is 30.2 Å². The molecule has 1 N–H and O–H groups in total. The van der Waals surface area contributed by atoms with Crippen molar-refractivity contribution in [2.75, 3.05) is 24.5 Å². The summed E-state index contributed by atoms with van der Waals surface area (Å²) in [5, 5.41) is 4.79. The standard InChI is InChI=1S/C17H23N3/c1-2-9-18-13-14-12-17(20-10-5-6-11-20)19-16-8-4-3-7-15(14)16/h3-4,7-8,12,18H,2,5-6,9-11,13H2,1H3. The number of hydrogen-bond acceptors (Lipinski definition) is 3. The summed E-state index contributed by atoms with van der Waals surface area (Å²) in [6, 6.07) is 10.8. The predicted octanol–water partition coefficient (Wildman–Crippen LogP) is 3.33. The molecular formula is C17H23N3. The third kappa shape index (κ3) is 2.78. The molecule has 1 aromatic carbocycles. The van der Waals surface area contributed by atoms with E-state index in [1.807, 2.05) is 0 Å². The summed E-state index contributed by atoms with van der Waals surface area (Å²) >= 11 is 0. The number of nitrogens with one attached hydrogen (secondary N) is 1. The van der Waals surface area contributed by atoms with Gasteiger partial charge in [-0.2, -0.15) is 0 Å². The van der Waals surface area contributed by atoms with E-state index >= 15 is 0 Å². The topological polar surface area (TPSA) is 28.2 Å². The quantitative estimate of drug-likeness (QED) is 0.844. The average molecular weight is 269 g/mol. The normalized spacial score (nSPS) is 15.2. The van der Waals surface area contributed by atoms with Crippen LogP contribution in [0.1, 0.15) is 31.7 Å². The molecule has 0 aliphatic carbocycles. The summed E-state index contributed by atoms with van der Waals surface area (Å²) < 4.78 is 0. The van der Waals surface area contributed by atoms with Gasteiger partial charge in [-0.05, 0) is 43.5 Å². The summed E-state index contributed by atoms with van der Waals surface area (Å²) in [6.45, 7) is 6.49. The van der Waals surface area contributed by atoms with Crippen molar-refractivity contribution in [3.63, 3.8) is 0 Å². The molecule has 2 aromatic rings. The van der Waals surface area contributed by atoms with Crippen molar-refractivity contribution in [2.45, 2.75) is 32.7 Å². The fourth-order valence-corrected chi connectivity index (χ4v) is 2.89. The van der Waals surface area contributed by atoms with Gasteiger partial charge in [-0.3, -0.25) is 0 Å². The van der Waals surface area contributed by atoms with E-state index in [0.29, 0.717) is 0 Å². The highest BCUT2D eigenvalue weighted by atomic mass is 15.2. The molecule has 1 saturated heterocycles. The smallest absolute Gasteiger partial charge is 0.129 e. The lowest BCUT2D eigenvalue weighted by molar-refractivity contribution is 0.677. The number of fused-ring (bicyclic) bond motifs is 1. The summed E-state index contributed by atoms with van der Waals surface area (Å²) in [7, 11) is 0. The van der Waals surface area contributed by atoms with Crippen LogP contribution in [-0.4, -0.2) is 24.6 Å². The van der Waals surface area contributed by atoms with Gasteiger partial charge < -0.3 is 10.2 Å². The molecule has 1 aromatic heterocycles. The summed E-state index contributed by atoms with van der Waals surface area (Å²) in [5.74, 6) is 1.15. The van der Waals surface area contributed by atoms with Crippen molar-refractivity contribution in [2.24, 2.45) is 0 Å². The Morgan fingerprint density at radius 3 is 2.80 bits per heavy atom. The molecule has 0 atom stereocenters. The van der Waals surface area contributed by atoms with Crippen molar-refractivity contribution in [3.05, 3.63) is 35.9 Å². The Morgan fingerprint density at radius 2 is 2.00 bits per heavy atom. The van der Waals surface area contributed by atoms with Gasteiger partial charge in [-0.25, -0.2) is 4.98 Å². The average Bonchev–Trinajstić information content (AvgIpc) is 3.01. The molecule has 106 valence electrons. The summed E-state index contributed by atoms with van der Waals surface area (Å²) in [6.07, 6.45) is 3.75. The van der Waals surface area contributed by atoms with Gasteiger partial charge in [0, 0.05) is 25.0 Å². The molecule has 0 unspecified atom stereocenters. The van der Waals surface area contributed by atoms with Crippen LogP contribution in [0, 0.1) is 0 Å². The van der Waals surface area contributed by atoms with Crippen molar-refractivity contribution >= 4 is 16.7 Å². The largest absolute Gasteiger partial charge is 0.357 e. The Balaban J connectivity index is 1.95. The summed E-state index contributed by atoms with van der Waals surface area (Å²) in [5.41, 5.74) is 2.48. The van der Waals surface area contributed by atoms with E-state index in [4.69, 9.17) is 4.98 Å². The molecule has 3 nitrogen and oxygen atoms in total. The Hall–Kier alpha value is -1.61. The van der Waals surface area contributed by atoms with Crippen LogP contribution in [-0.2, 0) is 6.54 Å². The van der Waals surface area contributed by atoms with Crippen molar-refractivity contribution in [1.82, 2.24) is 10.3 Å². The van der Waals surface area contributed by atoms with E-state index < -0.39 is 0 Å². The number of para-hydroxylation sites is 1. The zero-order valence-corrected chi connectivity index (χ0v) is 12.2. The SMILES string of the molecule is CCCNCc1cc(N2CCCC2)nc2ccccc12. The molecule has 1 aliphatic heterocycles. The van der Waals surface area contributed by atoms with Gasteiger partial charge in [-0.15, -0.1) is 0 Å². The second kappa shape index (κ2) is 6.23. The Kier molecular flexibility index (Phi) is 4.16. The Labute approximate surface area is 121 Å². The van der Waals surface area contributed by atoms with E-state index in [2.05, 4.69) is 47.5 Å². The van der Waals surface area contributed by atoms with Gasteiger partial charge >= 0.3 is 0 Å². The zero-order chi connectivity index (χ0) is 13.8. The minimum Gasteiger partial charge on any atom is -0.357 e. The number of rotatable bonds is 5. The van der Waals surface area contributed by atoms with Crippen molar-refractivity contribution in [1.29, 1.82) is 0 Å². The molecule has 0 amide bonds. The van der Waals surface area contributed by atoms with Crippen molar-refractivity contribution in [3.8, 4) is 0 Å². The van der Waals surface area contributed by atoms with Gasteiger partial charge in [0.15, 0.2) is 0 Å². The summed E-state index contributed by atoms with van der Waals surface area (Å²) in [4.78, 5) is 7.26. The lowest BCUT2D eigenvalue weighted by Crippen LogP contribution is -2.20. The number of hydrogen-bond donors (Lipinski definition) is 1. The van der Waals surface area contributed by atoms with Crippen molar-refractivity contribution < 1.29 is 0 Å². The maximum atomic E-state index is 4.84. The van der Waals surface area contributed by atoms with Gasteiger partial charge in [-0.1, -0.05) is 25.1 Å². The van der Waals surface area contributed by atoms with Crippen LogP contribution in [0.4, 0.5) is 5.82 Å². The van der Waals surface area contributed by atoms with E-state index in [1.54, 1.807) is 0 Å². The molecule has 0 bridgehead atoms. The fraction of sp³-hybridized carbons (Fsp3) is 0.471. The van der Waals surface area contributed by atoms with E-state index in [-0.39, 0.29) is 0 Å². The first kappa shape index (κ1) is 13.4. The highest BCUT2D eigenvalue weighted by Gasteiger charge is 2.15. The third-order valence-electron chi connectivity index (χ3n) is 3.96. The lowest BCUT2D eigenvalue weighted by Gasteiger charge is -2.19. The number of nitrogens with zero attached hydrogens (tertiary/aromatic N) is 2. The molecule has 20 heavy (non-hydrogen) atoms. The fourth-order valence-electron chi connectivity index (χ4n) is 2.89. The Bertz CT molecular complexity index is 573. The molecule has 2 heterocycles. The first-order valence-electron chi connectivity index (χ1n) is 7.73. The minimum atomic E-state index is 0.928. The molecule has 3 rings (SSSR count). The maximum absolute atomic E-state index is 4.84. The number of pyridine rings is 1. The van der Waals surface area contributed by atoms with Gasteiger partial charge in [0.1, 0.15) is 5.82 Å². The molecule has 3 heteroatoms. The first-order valence-corrected chi connectivity index (χ1v) is 7.73.